The highest BCUT2D eigenvalue weighted by molar-refractivity contribution is 5.91. The molecule has 110 valence electrons. The van der Waals surface area contributed by atoms with Gasteiger partial charge in [0.1, 0.15) is 0 Å². The van der Waals surface area contributed by atoms with Crippen LogP contribution in [0.15, 0.2) is 36.7 Å². The number of carbonyl (C=O) groups is 1. The molecule has 0 saturated heterocycles. The maximum absolute atomic E-state index is 13.4. The van der Waals surface area contributed by atoms with Gasteiger partial charge >= 0.3 is 0 Å². The first kappa shape index (κ1) is 15.0. The second-order valence-corrected chi connectivity index (χ2v) is 4.66. The fourth-order valence-electron chi connectivity index (χ4n) is 1.89. The number of amides is 1. The number of benzene rings is 1. The van der Waals surface area contributed by atoms with Gasteiger partial charge in [0.15, 0.2) is 17.5 Å². The van der Waals surface area contributed by atoms with Gasteiger partial charge in [-0.15, -0.1) is 0 Å². The van der Waals surface area contributed by atoms with Crippen LogP contribution in [0, 0.1) is 17.5 Å². The van der Waals surface area contributed by atoms with Gasteiger partial charge in [0, 0.05) is 18.8 Å². The lowest BCUT2D eigenvalue weighted by Gasteiger charge is -2.12. The van der Waals surface area contributed by atoms with Crippen molar-refractivity contribution >= 4 is 11.6 Å². The van der Waals surface area contributed by atoms with Crippen LogP contribution < -0.4 is 5.32 Å². The minimum absolute atomic E-state index is 0.0735. The van der Waals surface area contributed by atoms with Crippen LogP contribution >= 0.6 is 0 Å². The first-order chi connectivity index (χ1) is 9.99. The van der Waals surface area contributed by atoms with Gasteiger partial charge in [-0.25, -0.2) is 13.2 Å². The molecule has 0 aliphatic carbocycles. The van der Waals surface area contributed by atoms with E-state index in [1.165, 1.54) is 0 Å². The first-order valence-electron chi connectivity index (χ1n) is 6.32. The summed E-state index contributed by atoms with van der Waals surface area (Å²) in [6, 6.07) is 5.32. The van der Waals surface area contributed by atoms with Gasteiger partial charge in [-0.05, 0) is 29.7 Å². The van der Waals surface area contributed by atoms with Crippen molar-refractivity contribution in [2.75, 3.05) is 5.32 Å². The van der Waals surface area contributed by atoms with Crippen molar-refractivity contribution in [1.82, 2.24) is 4.98 Å². The average Bonchev–Trinajstić information content (AvgIpc) is 2.49. The number of hydrogen-bond acceptors (Lipinski definition) is 2. The molecule has 0 radical (unpaired) electrons. The van der Waals surface area contributed by atoms with Crippen LogP contribution in [-0.4, -0.2) is 10.9 Å². The Balaban J connectivity index is 2.04. The van der Waals surface area contributed by atoms with Gasteiger partial charge in [-0.2, -0.15) is 0 Å². The summed E-state index contributed by atoms with van der Waals surface area (Å²) in [7, 11) is 0. The Morgan fingerprint density at radius 3 is 2.67 bits per heavy atom. The highest BCUT2D eigenvalue weighted by Crippen LogP contribution is 2.22. The number of nitrogens with one attached hydrogen (secondary N) is 1. The molecule has 6 heteroatoms. The number of aromatic nitrogens is 1. The van der Waals surface area contributed by atoms with Crippen LogP contribution in [0.2, 0.25) is 0 Å². The standard InChI is InChI=1S/C15H13F3N2O/c1-9(10-3-2-6-19-8-10)7-13(21)20-12-5-4-11(16)14(17)15(12)18/h2-6,8-9H,7H2,1H3,(H,20,21). The molecule has 0 fully saturated rings. The molecule has 1 N–H and O–H groups in total. The molecule has 0 aliphatic rings. The van der Waals surface area contributed by atoms with Crippen molar-refractivity contribution in [1.29, 1.82) is 0 Å². The van der Waals surface area contributed by atoms with E-state index < -0.39 is 23.4 Å². The van der Waals surface area contributed by atoms with Crippen LogP contribution in [0.5, 0.6) is 0 Å². The summed E-state index contributed by atoms with van der Waals surface area (Å²) in [5.74, 6) is -4.93. The third-order valence-electron chi connectivity index (χ3n) is 3.05. The molecule has 1 atom stereocenters. The molecule has 0 bridgehead atoms. The summed E-state index contributed by atoms with van der Waals surface area (Å²) < 4.78 is 39.3. The maximum Gasteiger partial charge on any atom is 0.225 e. The van der Waals surface area contributed by atoms with E-state index in [0.29, 0.717) is 0 Å². The fraction of sp³-hybridized carbons (Fsp3) is 0.200. The first-order valence-corrected chi connectivity index (χ1v) is 6.32. The quantitative estimate of drug-likeness (QED) is 0.875. The predicted molar refractivity (Wildman–Crippen MR) is 72.2 cm³/mol. The molecule has 3 nitrogen and oxygen atoms in total. The molecule has 1 aromatic carbocycles. The van der Waals surface area contributed by atoms with E-state index in [0.717, 1.165) is 17.7 Å². The molecule has 1 amide bonds. The summed E-state index contributed by atoms with van der Waals surface area (Å²) in [6.45, 7) is 1.82. The highest BCUT2D eigenvalue weighted by Gasteiger charge is 2.17. The SMILES string of the molecule is CC(CC(=O)Nc1ccc(F)c(F)c1F)c1cccnc1. The molecule has 0 aliphatic heterocycles. The van der Waals surface area contributed by atoms with Crippen molar-refractivity contribution < 1.29 is 18.0 Å². The van der Waals surface area contributed by atoms with Crippen LogP contribution in [0.4, 0.5) is 18.9 Å². The van der Waals surface area contributed by atoms with Gasteiger partial charge in [0.25, 0.3) is 0 Å². The van der Waals surface area contributed by atoms with Crippen molar-refractivity contribution in [2.45, 2.75) is 19.3 Å². The minimum Gasteiger partial charge on any atom is -0.323 e. The van der Waals surface area contributed by atoms with Crippen LogP contribution in [0.1, 0.15) is 24.8 Å². The summed E-state index contributed by atoms with van der Waals surface area (Å²) >= 11 is 0. The predicted octanol–water partition coefficient (Wildman–Crippen LogP) is 3.63. The number of halogens is 3. The third kappa shape index (κ3) is 3.59. The number of anilines is 1. The van der Waals surface area contributed by atoms with Crippen molar-refractivity contribution in [3.05, 3.63) is 59.7 Å². The summed E-state index contributed by atoms with van der Waals surface area (Å²) in [6.07, 6.45) is 3.33. The number of pyridine rings is 1. The summed E-state index contributed by atoms with van der Waals surface area (Å²) in [5.41, 5.74) is 0.482. The maximum atomic E-state index is 13.4. The van der Waals surface area contributed by atoms with E-state index in [9.17, 15) is 18.0 Å². The van der Waals surface area contributed by atoms with Crippen LogP contribution in [0.25, 0.3) is 0 Å². The van der Waals surface area contributed by atoms with E-state index in [2.05, 4.69) is 10.3 Å². The second-order valence-electron chi connectivity index (χ2n) is 4.66. The average molecular weight is 294 g/mol. The van der Waals surface area contributed by atoms with Gasteiger partial charge in [0.05, 0.1) is 5.69 Å². The zero-order valence-electron chi connectivity index (χ0n) is 11.2. The Morgan fingerprint density at radius 1 is 1.24 bits per heavy atom. The number of hydrogen-bond donors (Lipinski definition) is 1. The Kier molecular flexibility index (Phi) is 4.57. The monoisotopic (exact) mass is 294 g/mol. The lowest BCUT2D eigenvalue weighted by atomic mass is 9.99. The zero-order chi connectivity index (χ0) is 15.4. The largest absolute Gasteiger partial charge is 0.323 e. The molecule has 1 aromatic heterocycles. The van der Waals surface area contributed by atoms with Gasteiger partial charge in [-0.3, -0.25) is 9.78 Å². The Hall–Kier alpha value is -2.37. The van der Waals surface area contributed by atoms with E-state index in [1.807, 2.05) is 13.0 Å². The number of nitrogens with zero attached hydrogens (tertiary/aromatic N) is 1. The second kappa shape index (κ2) is 6.39. The molecule has 21 heavy (non-hydrogen) atoms. The fourth-order valence-corrected chi connectivity index (χ4v) is 1.89. The Labute approximate surface area is 119 Å². The van der Waals surface area contributed by atoms with Gasteiger partial charge in [0.2, 0.25) is 5.91 Å². The summed E-state index contributed by atoms with van der Waals surface area (Å²) in [4.78, 5) is 15.8. The Bertz CT molecular complexity index is 647. The normalized spacial score (nSPS) is 12.0. The molecule has 1 unspecified atom stereocenters. The third-order valence-corrected chi connectivity index (χ3v) is 3.05. The Morgan fingerprint density at radius 2 is 2.00 bits per heavy atom. The smallest absolute Gasteiger partial charge is 0.225 e. The van der Waals surface area contributed by atoms with Crippen molar-refractivity contribution in [3.8, 4) is 0 Å². The van der Waals surface area contributed by atoms with E-state index >= 15 is 0 Å². The molecule has 0 saturated carbocycles. The van der Waals surface area contributed by atoms with Crippen LogP contribution in [-0.2, 0) is 4.79 Å². The molecular weight excluding hydrogens is 281 g/mol. The summed E-state index contributed by atoms with van der Waals surface area (Å²) in [5, 5.41) is 2.24. The van der Waals surface area contributed by atoms with Gasteiger partial charge < -0.3 is 5.32 Å². The molecular formula is C15H13F3N2O. The highest BCUT2D eigenvalue weighted by atomic mass is 19.2. The van der Waals surface area contributed by atoms with Crippen LogP contribution in [0.3, 0.4) is 0 Å². The van der Waals surface area contributed by atoms with E-state index in [4.69, 9.17) is 0 Å². The van der Waals surface area contributed by atoms with E-state index in [-0.39, 0.29) is 18.0 Å². The molecule has 0 spiro atoms. The lowest BCUT2D eigenvalue weighted by Crippen LogP contribution is -2.16. The molecule has 2 rings (SSSR count). The minimum atomic E-state index is -1.60. The molecule has 2 aromatic rings. The van der Waals surface area contributed by atoms with E-state index in [1.54, 1.807) is 18.5 Å². The van der Waals surface area contributed by atoms with Crippen molar-refractivity contribution in [2.24, 2.45) is 0 Å². The molecule has 1 heterocycles. The number of carbonyl (C=O) groups excluding carboxylic acids is 1. The van der Waals surface area contributed by atoms with Gasteiger partial charge in [-0.1, -0.05) is 13.0 Å². The zero-order valence-corrected chi connectivity index (χ0v) is 11.2. The topological polar surface area (TPSA) is 42.0 Å². The van der Waals surface area contributed by atoms with Crippen molar-refractivity contribution in [3.63, 3.8) is 0 Å². The number of rotatable bonds is 4. The lowest BCUT2D eigenvalue weighted by molar-refractivity contribution is -0.116.